The molecule has 0 N–H and O–H groups in total. The zero-order valence-electron chi connectivity index (χ0n) is 11.5. The van der Waals surface area contributed by atoms with Gasteiger partial charge in [-0.05, 0) is 44.7 Å². The molecule has 0 bridgehead atoms. The molecule has 18 heavy (non-hydrogen) atoms. The number of nitriles is 1. The zero-order chi connectivity index (χ0) is 13.4. The van der Waals surface area contributed by atoms with Crippen LogP contribution in [0, 0.1) is 11.3 Å². The maximum atomic E-state index is 8.69. The van der Waals surface area contributed by atoms with E-state index < -0.39 is 0 Å². The highest BCUT2D eigenvalue weighted by Gasteiger charge is 2.07. The maximum absolute atomic E-state index is 8.69. The lowest BCUT2D eigenvalue weighted by Crippen LogP contribution is -2.32. The number of nitrogens with zero attached hydrogens (tertiary/aromatic N) is 2. The minimum atomic E-state index is 0.597. The van der Waals surface area contributed by atoms with Crippen LogP contribution in [0.5, 0.6) is 5.75 Å². The fraction of sp³-hybridized carbons (Fsp3) is 0.533. The molecule has 98 valence electrons. The Morgan fingerprint density at radius 3 is 2.56 bits per heavy atom. The van der Waals surface area contributed by atoms with Crippen molar-refractivity contribution in [1.82, 2.24) is 4.90 Å². The second kappa shape index (κ2) is 7.73. The molecule has 0 amide bonds. The van der Waals surface area contributed by atoms with E-state index >= 15 is 0 Å². The third kappa shape index (κ3) is 4.77. The number of likely N-dealkylation sites (N-methyl/N-ethyl adjacent to an activating group) is 1. The molecule has 0 fully saturated rings. The van der Waals surface area contributed by atoms with Crippen LogP contribution in [-0.4, -0.2) is 31.1 Å². The first-order valence-corrected chi connectivity index (χ1v) is 6.50. The summed E-state index contributed by atoms with van der Waals surface area (Å²) in [6, 6.07) is 9.93. The van der Waals surface area contributed by atoms with Crippen LogP contribution in [0.3, 0.4) is 0 Å². The number of rotatable bonds is 7. The summed E-state index contributed by atoms with van der Waals surface area (Å²) in [6.45, 7) is 6.04. The lowest BCUT2D eigenvalue weighted by molar-refractivity contribution is 0.193. The van der Waals surface area contributed by atoms with Gasteiger partial charge in [0.05, 0.1) is 11.6 Å². The smallest absolute Gasteiger partial charge is 0.119 e. The molecular weight excluding hydrogens is 224 g/mol. The van der Waals surface area contributed by atoms with Crippen molar-refractivity contribution >= 4 is 0 Å². The molecule has 0 heterocycles. The van der Waals surface area contributed by atoms with Gasteiger partial charge in [-0.2, -0.15) is 5.26 Å². The number of hydrogen-bond donors (Lipinski definition) is 0. The first-order valence-electron chi connectivity index (χ1n) is 6.50. The summed E-state index contributed by atoms with van der Waals surface area (Å²) in [5.74, 6) is 0.825. The maximum Gasteiger partial charge on any atom is 0.119 e. The van der Waals surface area contributed by atoms with Crippen molar-refractivity contribution in [3.05, 3.63) is 29.8 Å². The highest BCUT2D eigenvalue weighted by molar-refractivity contribution is 5.34. The summed E-state index contributed by atoms with van der Waals surface area (Å²) in [4.78, 5) is 2.31. The first kappa shape index (κ1) is 14.5. The molecule has 1 aromatic rings. The topological polar surface area (TPSA) is 36.3 Å². The molecule has 0 radical (unpaired) electrons. The molecule has 1 atom stereocenters. The van der Waals surface area contributed by atoms with E-state index in [1.54, 1.807) is 12.1 Å². The SMILES string of the molecule is CCCC(C)N(C)CCOc1ccc(C#N)cc1. The number of benzene rings is 1. The monoisotopic (exact) mass is 246 g/mol. The van der Waals surface area contributed by atoms with Crippen LogP contribution < -0.4 is 4.74 Å². The van der Waals surface area contributed by atoms with Crippen LogP contribution in [0.15, 0.2) is 24.3 Å². The van der Waals surface area contributed by atoms with Gasteiger partial charge in [-0.1, -0.05) is 13.3 Å². The number of ether oxygens (including phenoxy) is 1. The zero-order valence-corrected chi connectivity index (χ0v) is 11.5. The molecule has 3 nitrogen and oxygen atoms in total. The van der Waals surface area contributed by atoms with Gasteiger partial charge in [0.1, 0.15) is 12.4 Å². The molecule has 0 aliphatic heterocycles. The van der Waals surface area contributed by atoms with Crippen LogP contribution in [-0.2, 0) is 0 Å². The molecule has 1 rings (SSSR count). The predicted molar refractivity (Wildman–Crippen MR) is 73.7 cm³/mol. The Hall–Kier alpha value is -1.53. The normalized spacial score (nSPS) is 12.2. The largest absolute Gasteiger partial charge is 0.492 e. The molecule has 0 saturated heterocycles. The van der Waals surface area contributed by atoms with Crippen LogP contribution in [0.4, 0.5) is 0 Å². The lowest BCUT2D eigenvalue weighted by atomic mass is 10.2. The predicted octanol–water partition coefficient (Wildman–Crippen LogP) is 3.06. The average Bonchev–Trinajstić information content (AvgIpc) is 2.39. The van der Waals surface area contributed by atoms with Gasteiger partial charge in [0.25, 0.3) is 0 Å². The van der Waals surface area contributed by atoms with Crippen molar-refractivity contribution < 1.29 is 4.74 Å². The summed E-state index contributed by atoms with van der Waals surface area (Å²) in [6.07, 6.45) is 2.43. The molecule has 1 unspecified atom stereocenters. The Labute approximate surface area is 110 Å². The minimum Gasteiger partial charge on any atom is -0.492 e. The van der Waals surface area contributed by atoms with Gasteiger partial charge in [-0.25, -0.2) is 0 Å². The second-order valence-electron chi connectivity index (χ2n) is 4.60. The first-order chi connectivity index (χ1) is 8.67. The van der Waals surface area contributed by atoms with Crippen molar-refractivity contribution in [3.8, 4) is 11.8 Å². The van der Waals surface area contributed by atoms with Gasteiger partial charge < -0.3 is 9.64 Å². The van der Waals surface area contributed by atoms with E-state index in [-0.39, 0.29) is 0 Å². The van der Waals surface area contributed by atoms with E-state index in [0.717, 1.165) is 12.3 Å². The van der Waals surface area contributed by atoms with Gasteiger partial charge in [-0.3, -0.25) is 0 Å². The minimum absolute atomic E-state index is 0.597. The van der Waals surface area contributed by atoms with Gasteiger partial charge in [0, 0.05) is 12.6 Å². The van der Waals surface area contributed by atoms with Crippen LogP contribution in [0.2, 0.25) is 0 Å². The Balaban J connectivity index is 2.30. The van der Waals surface area contributed by atoms with Crippen molar-refractivity contribution in [2.24, 2.45) is 0 Å². The summed E-state index contributed by atoms with van der Waals surface area (Å²) in [5.41, 5.74) is 0.663. The van der Waals surface area contributed by atoms with Gasteiger partial charge in [0.15, 0.2) is 0 Å². The summed E-state index contributed by atoms with van der Waals surface area (Å²) in [7, 11) is 2.13. The second-order valence-corrected chi connectivity index (χ2v) is 4.60. The van der Waals surface area contributed by atoms with Gasteiger partial charge in [0.2, 0.25) is 0 Å². The fourth-order valence-electron chi connectivity index (χ4n) is 1.79. The third-order valence-electron chi connectivity index (χ3n) is 3.16. The van der Waals surface area contributed by atoms with E-state index in [4.69, 9.17) is 10.00 Å². The third-order valence-corrected chi connectivity index (χ3v) is 3.16. The quantitative estimate of drug-likeness (QED) is 0.742. The highest BCUT2D eigenvalue weighted by Crippen LogP contribution is 2.11. The van der Waals surface area contributed by atoms with E-state index in [2.05, 4.69) is 31.9 Å². The van der Waals surface area contributed by atoms with E-state index in [1.807, 2.05) is 12.1 Å². The lowest BCUT2D eigenvalue weighted by Gasteiger charge is -2.24. The van der Waals surface area contributed by atoms with Crippen molar-refractivity contribution in [2.75, 3.05) is 20.2 Å². The summed E-state index contributed by atoms with van der Waals surface area (Å²) in [5, 5.41) is 8.69. The standard InChI is InChI=1S/C15H22N2O/c1-4-5-13(2)17(3)10-11-18-15-8-6-14(12-16)7-9-15/h6-9,13H,4-5,10-11H2,1-3H3. The van der Waals surface area contributed by atoms with Crippen LogP contribution in [0.25, 0.3) is 0 Å². The summed E-state index contributed by atoms with van der Waals surface area (Å²) < 4.78 is 5.65. The average molecular weight is 246 g/mol. The van der Waals surface area contributed by atoms with Gasteiger partial charge >= 0.3 is 0 Å². The van der Waals surface area contributed by atoms with Crippen LogP contribution >= 0.6 is 0 Å². The molecule has 0 aromatic heterocycles. The molecular formula is C15H22N2O. The van der Waals surface area contributed by atoms with Crippen molar-refractivity contribution in [3.63, 3.8) is 0 Å². The molecule has 0 aliphatic carbocycles. The van der Waals surface area contributed by atoms with Crippen LogP contribution in [0.1, 0.15) is 32.3 Å². The molecule has 0 saturated carbocycles. The molecule has 0 aliphatic rings. The Morgan fingerprint density at radius 1 is 1.33 bits per heavy atom. The van der Waals surface area contributed by atoms with Crippen molar-refractivity contribution in [1.29, 1.82) is 5.26 Å². The van der Waals surface area contributed by atoms with Gasteiger partial charge in [-0.15, -0.1) is 0 Å². The number of hydrogen-bond acceptors (Lipinski definition) is 3. The molecule has 3 heteroatoms. The molecule has 0 spiro atoms. The Morgan fingerprint density at radius 2 is 2.00 bits per heavy atom. The molecule has 1 aromatic carbocycles. The Kier molecular flexibility index (Phi) is 6.24. The fourth-order valence-corrected chi connectivity index (χ4v) is 1.79. The van der Waals surface area contributed by atoms with E-state index in [1.165, 1.54) is 12.8 Å². The van der Waals surface area contributed by atoms with Crippen molar-refractivity contribution in [2.45, 2.75) is 32.7 Å². The van der Waals surface area contributed by atoms with E-state index in [9.17, 15) is 0 Å². The summed E-state index contributed by atoms with van der Waals surface area (Å²) >= 11 is 0. The Bertz CT molecular complexity index is 380. The highest BCUT2D eigenvalue weighted by atomic mass is 16.5. The van der Waals surface area contributed by atoms with E-state index in [0.29, 0.717) is 18.2 Å².